The van der Waals surface area contributed by atoms with E-state index in [0.29, 0.717) is 11.4 Å². The van der Waals surface area contributed by atoms with Crippen LogP contribution in [-0.2, 0) is 4.74 Å². The van der Waals surface area contributed by atoms with Gasteiger partial charge in [0.25, 0.3) is 0 Å². The van der Waals surface area contributed by atoms with Gasteiger partial charge in [-0.25, -0.2) is 4.98 Å². The van der Waals surface area contributed by atoms with E-state index in [1.807, 2.05) is 51.1 Å². The van der Waals surface area contributed by atoms with Gasteiger partial charge in [-0.3, -0.25) is 5.10 Å². The second-order valence-corrected chi connectivity index (χ2v) is 5.55. The summed E-state index contributed by atoms with van der Waals surface area (Å²) in [5, 5.41) is 17.3. The molecule has 0 saturated heterocycles. The van der Waals surface area contributed by atoms with Crippen molar-refractivity contribution in [3.63, 3.8) is 0 Å². The Balaban J connectivity index is 2.44. The third-order valence-electron chi connectivity index (χ3n) is 3.57. The Morgan fingerprint density at radius 2 is 2.00 bits per heavy atom. The number of H-pyrrole nitrogens is 1. The lowest BCUT2D eigenvalue weighted by Gasteiger charge is -2.30. The molecule has 2 rings (SSSR count). The van der Waals surface area contributed by atoms with E-state index >= 15 is 0 Å². The van der Waals surface area contributed by atoms with Crippen LogP contribution in [0.3, 0.4) is 0 Å². The van der Waals surface area contributed by atoms with Crippen molar-refractivity contribution in [3.8, 4) is 0 Å². The van der Waals surface area contributed by atoms with Gasteiger partial charge in [0.15, 0.2) is 5.82 Å². The van der Waals surface area contributed by atoms with Crippen molar-refractivity contribution in [1.29, 1.82) is 0 Å². The molecule has 0 fully saturated rings. The minimum atomic E-state index is -0.836. The van der Waals surface area contributed by atoms with Crippen LogP contribution in [-0.4, -0.2) is 39.1 Å². The number of ether oxygens (including phenoxy) is 1. The molecule has 0 aliphatic carbocycles. The van der Waals surface area contributed by atoms with Gasteiger partial charge < -0.3 is 9.84 Å². The van der Waals surface area contributed by atoms with Crippen molar-refractivity contribution < 1.29 is 9.84 Å². The molecule has 0 spiro atoms. The van der Waals surface area contributed by atoms with Crippen molar-refractivity contribution in [3.05, 3.63) is 47.5 Å². The molecule has 21 heavy (non-hydrogen) atoms. The molecule has 0 saturated carbocycles. The number of aromatic nitrogens is 3. The number of methoxy groups -OCH3 is 1. The van der Waals surface area contributed by atoms with Crippen LogP contribution in [0.1, 0.15) is 30.8 Å². The monoisotopic (exact) mass is 287 g/mol. The van der Waals surface area contributed by atoms with Crippen molar-refractivity contribution in [2.45, 2.75) is 32.5 Å². The molecule has 112 valence electrons. The molecule has 0 aliphatic heterocycles. The number of aromatic amines is 1. The minimum Gasteiger partial charge on any atom is -0.385 e. The molecule has 2 aromatic rings. The fourth-order valence-electron chi connectivity index (χ4n) is 1.95. The van der Waals surface area contributed by atoms with Gasteiger partial charge in [-0.2, -0.15) is 5.10 Å². The third-order valence-corrected chi connectivity index (χ3v) is 3.57. The number of hydrogen-bond donors (Lipinski definition) is 2. The highest BCUT2D eigenvalue weighted by Crippen LogP contribution is 2.27. The van der Waals surface area contributed by atoms with E-state index < -0.39 is 11.7 Å². The van der Waals surface area contributed by atoms with Gasteiger partial charge in [0.2, 0.25) is 0 Å². The first kappa shape index (κ1) is 15.4. The first-order chi connectivity index (χ1) is 9.94. The predicted octanol–water partition coefficient (Wildman–Crippen LogP) is 2.44. The lowest BCUT2D eigenvalue weighted by molar-refractivity contribution is -0.0519. The molecule has 2 N–H and O–H groups in total. The Labute approximate surface area is 124 Å². The largest absolute Gasteiger partial charge is 0.385 e. The van der Waals surface area contributed by atoms with Gasteiger partial charge in [-0.1, -0.05) is 29.8 Å². The maximum atomic E-state index is 10.6. The van der Waals surface area contributed by atoms with E-state index in [2.05, 4.69) is 15.2 Å². The maximum absolute atomic E-state index is 10.6. The van der Waals surface area contributed by atoms with Crippen molar-refractivity contribution in [2.75, 3.05) is 7.11 Å². The number of aliphatic hydroxyl groups excluding tert-OH is 1. The van der Waals surface area contributed by atoms with Crippen LogP contribution in [0.2, 0.25) is 0 Å². The molecule has 1 unspecified atom stereocenters. The van der Waals surface area contributed by atoms with E-state index in [-0.39, 0.29) is 0 Å². The standard InChI is InChI=1S/C16H21N3O2/c1-11-5-7-12(8-6-11)9-13(15-17-10-18-19-15)14(20)16(2,3)21-4/h5-10,14,20H,1-4H3,(H,17,18,19)/b13-9-. The molecular formula is C16H21N3O2. The zero-order valence-corrected chi connectivity index (χ0v) is 12.8. The van der Waals surface area contributed by atoms with Crippen LogP contribution in [0.5, 0.6) is 0 Å². The van der Waals surface area contributed by atoms with Crippen molar-refractivity contribution in [1.82, 2.24) is 15.2 Å². The predicted molar refractivity (Wildman–Crippen MR) is 82.5 cm³/mol. The molecule has 1 atom stereocenters. The van der Waals surface area contributed by atoms with Crippen molar-refractivity contribution >= 4 is 11.6 Å². The molecule has 1 aromatic heterocycles. The zero-order valence-electron chi connectivity index (χ0n) is 12.8. The SMILES string of the molecule is COC(C)(C)C(O)/C(=C/c1ccc(C)cc1)c1ncn[nH]1. The van der Waals surface area contributed by atoms with Crippen LogP contribution in [0, 0.1) is 6.92 Å². The number of rotatable bonds is 5. The number of hydrogen-bond acceptors (Lipinski definition) is 4. The summed E-state index contributed by atoms with van der Waals surface area (Å²) < 4.78 is 5.38. The van der Waals surface area contributed by atoms with Gasteiger partial charge >= 0.3 is 0 Å². The van der Waals surface area contributed by atoms with E-state index in [1.165, 1.54) is 11.9 Å². The highest BCUT2D eigenvalue weighted by Gasteiger charge is 2.32. The molecule has 1 heterocycles. The van der Waals surface area contributed by atoms with E-state index in [1.54, 1.807) is 7.11 Å². The quantitative estimate of drug-likeness (QED) is 0.886. The summed E-state index contributed by atoms with van der Waals surface area (Å²) in [5.74, 6) is 0.535. The topological polar surface area (TPSA) is 71.0 Å². The average molecular weight is 287 g/mol. The molecule has 5 heteroatoms. The first-order valence-corrected chi connectivity index (χ1v) is 6.81. The lowest BCUT2D eigenvalue weighted by Crippen LogP contribution is -2.39. The molecule has 0 aliphatic rings. The Hall–Kier alpha value is -1.98. The van der Waals surface area contributed by atoms with Gasteiger partial charge in [-0.15, -0.1) is 0 Å². The average Bonchev–Trinajstić information content (AvgIpc) is 3.00. The summed E-state index contributed by atoms with van der Waals surface area (Å²) in [5.41, 5.74) is 2.08. The highest BCUT2D eigenvalue weighted by atomic mass is 16.5. The van der Waals surface area contributed by atoms with Crippen LogP contribution in [0.4, 0.5) is 0 Å². The Bertz CT molecular complexity index is 601. The van der Waals surface area contributed by atoms with Gasteiger partial charge in [-0.05, 0) is 32.4 Å². The fraction of sp³-hybridized carbons (Fsp3) is 0.375. The van der Waals surface area contributed by atoms with Crippen LogP contribution in [0.25, 0.3) is 11.6 Å². The van der Waals surface area contributed by atoms with Gasteiger partial charge in [0.1, 0.15) is 12.4 Å². The summed E-state index contributed by atoms with van der Waals surface area (Å²) >= 11 is 0. The van der Waals surface area contributed by atoms with Crippen LogP contribution >= 0.6 is 0 Å². The number of nitrogens with one attached hydrogen (secondary N) is 1. The Morgan fingerprint density at radius 3 is 2.52 bits per heavy atom. The van der Waals surface area contributed by atoms with Crippen LogP contribution < -0.4 is 0 Å². The van der Waals surface area contributed by atoms with Crippen molar-refractivity contribution in [2.24, 2.45) is 0 Å². The number of nitrogens with zero attached hydrogens (tertiary/aromatic N) is 2. The Morgan fingerprint density at radius 1 is 1.33 bits per heavy atom. The molecule has 5 nitrogen and oxygen atoms in total. The maximum Gasteiger partial charge on any atom is 0.154 e. The lowest BCUT2D eigenvalue weighted by atomic mass is 9.92. The molecule has 0 radical (unpaired) electrons. The summed E-state index contributed by atoms with van der Waals surface area (Å²) in [4.78, 5) is 4.15. The number of benzene rings is 1. The second-order valence-electron chi connectivity index (χ2n) is 5.55. The number of aliphatic hydroxyl groups is 1. The summed E-state index contributed by atoms with van der Waals surface area (Å²) in [6.45, 7) is 5.70. The highest BCUT2D eigenvalue weighted by molar-refractivity contribution is 5.81. The first-order valence-electron chi connectivity index (χ1n) is 6.81. The van der Waals surface area contributed by atoms with E-state index in [9.17, 15) is 5.11 Å². The van der Waals surface area contributed by atoms with Crippen LogP contribution in [0.15, 0.2) is 30.6 Å². The van der Waals surface area contributed by atoms with Gasteiger partial charge in [0, 0.05) is 12.7 Å². The zero-order chi connectivity index (χ0) is 15.5. The molecule has 1 aromatic carbocycles. The molecule has 0 amide bonds. The molecular weight excluding hydrogens is 266 g/mol. The normalized spacial score (nSPS) is 14.2. The smallest absolute Gasteiger partial charge is 0.154 e. The summed E-state index contributed by atoms with van der Waals surface area (Å²) in [7, 11) is 1.58. The summed E-state index contributed by atoms with van der Waals surface area (Å²) in [6, 6.07) is 8.05. The van der Waals surface area contributed by atoms with E-state index in [4.69, 9.17) is 4.74 Å². The Kier molecular flexibility index (Phi) is 4.55. The van der Waals surface area contributed by atoms with Gasteiger partial charge in [0.05, 0.1) is 5.60 Å². The summed E-state index contributed by atoms with van der Waals surface area (Å²) in [6.07, 6.45) is 2.48. The third kappa shape index (κ3) is 3.56. The second kappa shape index (κ2) is 6.20. The minimum absolute atomic E-state index is 0.535. The number of aryl methyl sites for hydroxylation is 1. The van der Waals surface area contributed by atoms with E-state index in [0.717, 1.165) is 5.56 Å². The fourth-order valence-corrected chi connectivity index (χ4v) is 1.95. The molecule has 0 bridgehead atoms.